The maximum absolute atomic E-state index is 2.29. The van der Waals surface area contributed by atoms with Crippen LogP contribution in [-0.2, 0) is 0 Å². The van der Waals surface area contributed by atoms with Crippen LogP contribution in [0, 0.1) is 0 Å². The lowest BCUT2D eigenvalue weighted by atomic mass is 10.1. The summed E-state index contributed by atoms with van der Waals surface area (Å²) in [6.45, 7) is 3.62. The predicted octanol–water partition coefficient (Wildman–Crippen LogP) is 3.94. The zero-order valence-electron chi connectivity index (χ0n) is 13.6. The minimum absolute atomic E-state index is 0. The molecular weight excluding hydrogens is 229 g/mol. The van der Waals surface area contributed by atoms with E-state index < -0.39 is 0 Å². The summed E-state index contributed by atoms with van der Waals surface area (Å²) in [7, 11) is 6.87. The molecule has 19 heavy (non-hydrogen) atoms. The smallest absolute Gasteiger partial charge is 0.0780 e. The Balaban J connectivity index is 0. The largest absolute Gasteiger partial charge is 0.331 e. The molecule has 0 saturated carbocycles. The van der Waals surface area contributed by atoms with Crippen LogP contribution in [0.4, 0.5) is 0 Å². The highest BCUT2D eigenvalue weighted by Gasteiger charge is 2.04. The Morgan fingerprint density at radius 3 is 1.16 bits per heavy atom. The molecule has 0 saturated heterocycles. The molecule has 0 bridgehead atoms. The molecule has 0 unspecified atom stereocenters. The fourth-order valence-corrected chi connectivity index (χ4v) is 2.43. The van der Waals surface area contributed by atoms with Crippen molar-refractivity contribution in [3.63, 3.8) is 0 Å². The second-order valence-electron chi connectivity index (χ2n) is 6.90. The molecule has 2 heteroatoms. The molecule has 0 rings (SSSR count). The van der Waals surface area contributed by atoms with E-state index in [1.54, 1.807) is 0 Å². The van der Waals surface area contributed by atoms with Crippen molar-refractivity contribution >= 4 is 8.41 Å². The van der Waals surface area contributed by atoms with Gasteiger partial charge < -0.3 is 4.48 Å². The van der Waals surface area contributed by atoms with E-state index >= 15 is 0 Å². The molecule has 0 aromatic carbocycles. The topological polar surface area (TPSA) is 0 Å². The first-order valence-corrected chi connectivity index (χ1v) is 8.36. The van der Waals surface area contributed by atoms with Crippen molar-refractivity contribution in [2.24, 2.45) is 0 Å². The molecule has 1 nitrogen and oxygen atoms in total. The Kier molecular flexibility index (Phi) is 16.2. The van der Waals surface area contributed by atoms with E-state index in [2.05, 4.69) is 28.1 Å². The minimum Gasteiger partial charge on any atom is -0.331 e. The third-order valence-corrected chi connectivity index (χ3v) is 3.68. The molecule has 0 atom stereocenters. The zero-order valence-corrected chi connectivity index (χ0v) is 13.6. The Morgan fingerprint density at radius 2 is 0.842 bits per heavy atom. The first-order chi connectivity index (χ1) is 8.56. The van der Waals surface area contributed by atoms with E-state index in [1.165, 1.54) is 83.6 Å². The molecule has 0 radical (unpaired) electrons. The van der Waals surface area contributed by atoms with Gasteiger partial charge in [-0.3, -0.25) is 0 Å². The summed E-state index contributed by atoms with van der Waals surface area (Å²) in [6, 6.07) is 0. The van der Waals surface area contributed by atoms with Crippen molar-refractivity contribution in [3.05, 3.63) is 0 Å². The van der Waals surface area contributed by atoms with Gasteiger partial charge in [-0.05, 0) is 12.8 Å². The third kappa shape index (κ3) is 20.5. The summed E-state index contributed by atoms with van der Waals surface area (Å²) in [5.74, 6) is 0. The summed E-state index contributed by atoms with van der Waals surface area (Å²) < 4.78 is 1.12. The van der Waals surface area contributed by atoms with E-state index in [0.717, 1.165) is 4.48 Å². The summed E-state index contributed by atoms with van der Waals surface area (Å²) in [5.41, 5.74) is 0. The summed E-state index contributed by atoms with van der Waals surface area (Å²) >= 11 is 0. The second-order valence-corrected chi connectivity index (χ2v) is 6.90. The van der Waals surface area contributed by atoms with Gasteiger partial charge in [0.2, 0.25) is 0 Å². The van der Waals surface area contributed by atoms with Gasteiger partial charge in [-0.25, -0.2) is 0 Å². The maximum atomic E-state index is 2.29. The van der Waals surface area contributed by atoms with Gasteiger partial charge in [0.05, 0.1) is 27.7 Å². The number of unbranched alkanes of at least 4 members (excludes halogenated alkanes) is 11. The zero-order chi connectivity index (χ0) is 13.7. The highest BCUT2D eigenvalue weighted by molar-refractivity contribution is 5.75. The van der Waals surface area contributed by atoms with Gasteiger partial charge in [-0.2, -0.15) is 0 Å². The number of hydrogen-bond acceptors (Lipinski definition) is 0. The molecule has 118 valence electrons. The SMILES string of the molecule is CCCCCCCCCCCCCC[N+](C)(C)C.[BH4-]. The molecule has 0 aliphatic heterocycles. The average Bonchev–Trinajstić information content (AvgIpc) is 2.29. The van der Waals surface area contributed by atoms with Crippen LogP contribution in [0.3, 0.4) is 0 Å². The lowest BCUT2D eigenvalue weighted by molar-refractivity contribution is -0.870. The molecule has 0 aromatic rings. The number of nitrogens with zero attached hydrogens (tertiary/aromatic N) is 1. The summed E-state index contributed by atoms with van der Waals surface area (Å²) in [6.07, 6.45) is 17.4. The van der Waals surface area contributed by atoms with Gasteiger partial charge in [0, 0.05) is 0 Å². The maximum Gasteiger partial charge on any atom is 0.0780 e. The van der Waals surface area contributed by atoms with E-state index in [4.69, 9.17) is 0 Å². The molecule has 0 heterocycles. The van der Waals surface area contributed by atoms with Gasteiger partial charge >= 0.3 is 0 Å². The first-order valence-electron chi connectivity index (χ1n) is 8.36. The van der Waals surface area contributed by atoms with E-state index in [-0.39, 0.29) is 8.41 Å². The van der Waals surface area contributed by atoms with Crippen LogP contribution < -0.4 is 0 Å². The van der Waals surface area contributed by atoms with Crippen LogP contribution in [0.15, 0.2) is 0 Å². The minimum atomic E-state index is 0. The van der Waals surface area contributed by atoms with Crippen LogP contribution in [0.1, 0.15) is 84.0 Å². The lowest BCUT2D eigenvalue weighted by Gasteiger charge is -2.23. The van der Waals surface area contributed by atoms with Crippen molar-refractivity contribution in [2.75, 3.05) is 27.7 Å². The van der Waals surface area contributed by atoms with Gasteiger partial charge in [0.1, 0.15) is 0 Å². The molecule has 0 fully saturated rings. The molecule has 0 aromatic heterocycles. The molecule has 0 amide bonds. The third-order valence-electron chi connectivity index (χ3n) is 3.68. The molecular formula is C17H42BN. The van der Waals surface area contributed by atoms with Crippen molar-refractivity contribution in [3.8, 4) is 0 Å². The van der Waals surface area contributed by atoms with Crippen LogP contribution in [0.5, 0.6) is 0 Å². The van der Waals surface area contributed by atoms with Gasteiger partial charge in [-0.1, -0.05) is 79.5 Å². The van der Waals surface area contributed by atoms with Gasteiger partial charge in [-0.15, -0.1) is 0 Å². The van der Waals surface area contributed by atoms with Crippen LogP contribution >= 0.6 is 0 Å². The number of quaternary nitrogens is 1. The second kappa shape index (κ2) is 14.4. The van der Waals surface area contributed by atoms with Crippen LogP contribution in [0.2, 0.25) is 0 Å². The van der Waals surface area contributed by atoms with Crippen LogP contribution in [-0.4, -0.2) is 40.6 Å². The normalized spacial score (nSPS) is 11.4. The molecule has 0 spiro atoms. The van der Waals surface area contributed by atoms with Crippen molar-refractivity contribution in [1.29, 1.82) is 0 Å². The number of hydrogen-bond donors (Lipinski definition) is 0. The van der Waals surface area contributed by atoms with E-state index in [1.807, 2.05) is 0 Å². The summed E-state index contributed by atoms with van der Waals surface area (Å²) in [4.78, 5) is 0. The quantitative estimate of drug-likeness (QED) is 0.270. The average molecular weight is 271 g/mol. The lowest BCUT2D eigenvalue weighted by Crippen LogP contribution is -2.35. The highest BCUT2D eigenvalue weighted by Crippen LogP contribution is 2.12. The van der Waals surface area contributed by atoms with Gasteiger partial charge in [0.15, 0.2) is 0 Å². The standard InChI is InChI=1S/C17H38N.BH4/c1-5-6-7-8-9-10-11-12-13-14-15-16-17-18(2,3)4;/h5-17H2,1-4H3;1H4/q+1;-1. The fraction of sp³-hybridized carbons (Fsp3) is 1.00. The highest BCUT2D eigenvalue weighted by atomic mass is 15.3. The van der Waals surface area contributed by atoms with E-state index in [0.29, 0.717) is 0 Å². The molecule has 0 aliphatic rings. The molecule has 0 aliphatic carbocycles. The van der Waals surface area contributed by atoms with Crippen molar-refractivity contribution in [1.82, 2.24) is 0 Å². The fourth-order valence-electron chi connectivity index (χ4n) is 2.43. The number of rotatable bonds is 13. The van der Waals surface area contributed by atoms with E-state index in [9.17, 15) is 0 Å². The monoisotopic (exact) mass is 271 g/mol. The predicted molar refractivity (Wildman–Crippen MR) is 95.3 cm³/mol. The van der Waals surface area contributed by atoms with Crippen molar-refractivity contribution in [2.45, 2.75) is 84.0 Å². The van der Waals surface area contributed by atoms with Gasteiger partial charge in [0.25, 0.3) is 0 Å². The molecule has 0 N–H and O–H groups in total. The Morgan fingerprint density at radius 1 is 0.526 bits per heavy atom. The Hall–Kier alpha value is 0.0249. The Bertz CT molecular complexity index is 163. The Labute approximate surface area is 125 Å². The van der Waals surface area contributed by atoms with Crippen LogP contribution in [0.25, 0.3) is 0 Å². The summed E-state index contributed by atoms with van der Waals surface area (Å²) in [5, 5.41) is 0. The van der Waals surface area contributed by atoms with Crippen molar-refractivity contribution < 1.29 is 4.48 Å². The first kappa shape index (κ1) is 21.3.